The van der Waals surface area contributed by atoms with Crippen LogP contribution in [0.4, 0.5) is 0 Å². The lowest BCUT2D eigenvalue weighted by Crippen LogP contribution is -2.23. The number of benzene rings is 1. The molecule has 2 nitrogen and oxygen atoms in total. The first-order valence-corrected chi connectivity index (χ1v) is 6.71. The van der Waals surface area contributed by atoms with Gasteiger partial charge in [-0.15, -0.1) is 6.58 Å². The van der Waals surface area contributed by atoms with Crippen LogP contribution in [0.25, 0.3) is 0 Å². The standard InChI is InChI=1S/C14H20BrNO/c1-3-4-10-17-11-9-16-12(2)13-5-7-14(15)8-6-13/h3,5-8,12,16H,1,4,9-11H2,2H3. The first-order chi connectivity index (χ1) is 8.24. The van der Waals surface area contributed by atoms with E-state index in [1.807, 2.05) is 6.08 Å². The highest BCUT2D eigenvalue weighted by atomic mass is 79.9. The van der Waals surface area contributed by atoms with E-state index in [4.69, 9.17) is 4.74 Å². The molecule has 0 heterocycles. The summed E-state index contributed by atoms with van der Waals surface area (Å²) in [7, 11) is 0. The normalized spacial score (nSPS) is 12.4. The zero-order valence-corrected chi connectivity index (χ0v) is 11.9. The number of halogens is 1. The van der Waals surface area contributed by atoms with E-state index in [9.17, 15) is 0 Å². The third-order valence-corrected chi connectivity index (χ3v) is 3.06. The van der Waals surface area contributed by atoms with Crippen molar-refractivity contribution in [3.8, 4) is 0 Å². The summed E-state index contributed by atoms with van der Waals surface area (Å²) >= 11 is 3.43. The van der Waals surface area contributed by atoms with Gasteiger partial charge < -0.3 is 10.1 Å². The Labute approximate surface area is 112 Å². The number of nitrogens with one attached hydrogen (secondary N) is 1. The van der Waals surface area contributed by atoms with E-state index in [1.165, 1.54) is 5.56 Å². The predicted molar refractivity (Wildman–Crippen MR) is 76.2 cm³/mol. The van der Waals surface area contributed by atoms with Gasteiger partial charge in [-0.2, -0.15) is 0 Å². The van der Waals surface area contributed by atoms with Gasteiger partial charge in [0.25, 0.3) is 0 Å². The lowest BCUT2D eigenvalue weighted by atomic mass is 10.1. The highest BCUT2D eigenvalue weighted by molar-refractivity contribution is 9.10. The molecule has 0 radical (unpaired) electrons. The van der Waals surface area contributed by atoms with Gasteiger partial charge in [0.05, 0.1) is 13.2 Å². The summed E-state index contributed by atoms with van der Waals surface area (Å²) in [6, 6.07) is 8.73. The van der Waals surface area contributed by atoms with Gasteiger partial charge in [-0.05, 0) is 31.0 Å². The Morgan fingerprint density at radius 2 is 2.06 bits per heavy atom. The van der Waals surface area contributed by atoms with Crippen molar-refractivity contribution in [3.63, 3.8) is 0 Å². The van der Waals surface area contributed by atoms with Crippen LogP contribution in [0.5, 0.6) is 0 Å². The SMILES string of the molecule is C=CCCOCCNC(C)c1ccc(Br)cc1. The van der Waals surface area contributed by atoms with Crippen LogP contribution >= 0.6 is 15.9 Å². The summed E-state index contributed by atoms with van der Waals surface area (Å²) in [5.74, 6) is 0. The van der Waals surface area contributed by atoms with Gasteiger partial charge in [0.15, 0.2) is 0 Å². The molecular weight excluding hydrogens is 278 g/mol. The summed E-state index contributed by atoms with van der Waals surface area (Å²) in [6.45, 7) is 8.19. The molecule has 1 aromatic rings. The number of ether oxygens (including phenoxy) is 1. The molecule has 0 amide bonds. The fourth-order valence-electron chi connectivity index (χ4n) is 1.49. The Bertz CT molecular complexity index is 323. The van der Waals surface area contributed by atoms with E-state index in [0.717, 1.165) is 30.7 Å². The topological polar surface area (TPSA) is 21.3 Å². The Kier molecular flexibility index (Phi) is 7.17. The third-order valence-electron chi connectivity index (χ3n) is 2.53. The van der Waals surface area contributed by atoms with E-state index in [0.29, 0.717) is 6.04 Å². The van der Waals surface area contributed by atoms with Crippen molar-refractivity contribution < 1.29 is 4.74 Å². The van der Waals surface area contributed by atoms with Gasteiger partial charge in [-0.25, -0.2) is 0 Å². The van der Waals surface area contributed by atoms with E-state index < -0.39 is 0 Å². The average Bonchev–Trinajstić information content (AvgIpc) is 2.34. The second kappa shape index (κ2) is 8.45. The van der Waals surface area contributed by atoms with E-state index >= 15 is 0 Å². The van der Waals surface area contributed by atoms with E-state index in [-0.39, 0.29) is 0 Å². The summed E-state index contributed by atoms with van der Waals surface area (Å²) in [5.41, 5.74) is 1.29. The van der Waals surface area contributed by atoms with Crippen molar-refractivity contribution >= 4 is 15.9 Å². The second-order valence-corrected chi connectivity index (χ2v) is 4.83. The Balaban J connectivity index is 2.18. The van der Waals surface area contributed by atoms with Crippen LogP contribution in [0.2, 0.25) is 0 Å². The van der Waals surface area contributed by atoms with Gasteiger partial charge in [0.2, 0.25) is 0 Å². The van der Waals surface area contributed by atoms with Crippen LogP contribution in [-0.4, -0.2) is 19.8 Å². The monoisotopic (exact) mass is 297 g/mol. The molecule has 17 heavy (non-hydrogen) atoms. The summed E-state index contributed by atoms with van der Waals surface area (Å²) in [6.07, 6.45) is 2.79. The van der Waals surface area contributed by atoms with Crippen molar-refractivity contribution in [1.29, 1.82) is 0 Å². The van der Waals surface area contributed by atoms with Crippen LogP contribution < -0.4 is 5.32 Å². The first-order valence-electron chi connectivity index (χ1n) is 5.91. The zero-order chi connectivity index (χ0) is 12.5. The Morgan fingerprint density at radius 1 is 1.35 bits per heavy atom. The molecule has 1 unspecified atom stereocenters. The molecule has 94 valence electrons. The Hall–Kier alpha value is -0.640. The smallest absolute Gasteiger partial charge is 0.0591 e. The fraction of sp³-hybridized carbons (Fsp3) is 0.429. The third kappa shape index (κ3) is 6.01. The summed E-state index contributed by atoms with van der Waals surface area (Å²) < 4.78 is 6.55. The largest absolute Gasteiger partial charge is 0.380 e. The van der Waals surface area contributed by atoms with E-state index in [2.05, 4.69) is 59.0 Å². The number of hydrogen-bond acceptors (Lipinski definition) is 2. The molecule has 1 atom stereocenters. The van der Waals surface area contributed by atoms with Crippen molar-refractivity contribution in [2.75, 3.05) is 19.8 Å². The lowest BCUT2D eigenvalue weighted by Gasteiger charge is -2.14. The van der Waals surface area contributed by atoms with Crippen molar-refractivity contribution in [3.05, 3.63) is 47.0 Å². The fourth-order valence-corrected chi connectivity index (χ4v) is 1.75. The maximum Gasteiger partial charge on any atom is 0.0591 e. The van der Waals surface area contributed by atoms with Gasteiger partial charge in [-0.3, -0.25) is 0 Å². The highest BCUT2D eigenvalue weighted by Crippen LogP contribution is 2.16. The van der Waals surface area contributed by atoms with Gasteiger partial charge in [-0.1, -0.05) is 34.1 Å². The molecule has 1 N–H and O–H groups in total. The minimum absolute atomic E-state index is 0.353. The molecular formula is C14H20BrNO. The van der Waals surface area contributed by atoms with Crippen LogP contribution in [0.3, 0.4) is 0 Å². The quantitative estimate of drug-likeness (QED) is 0.584. The van der Waals surface area contributed by atoms with Gasteiger partial charge >= 0.3 is 0 Å². The lowest BCUT2D eigenvalue weighted by molar-refractivity contribution is 0.138. The molecule has 0 bridgehead atoms. The van der Waals surface area contributed by atoms with E-state index in [1.54, 1.807) is 0 Å². The van der Waals surface area contributed by atoms with Crippen LogP contribution in [0.15, 0.2) is 41.4 Å². The second-order valence-electron chi connectivity index (χ2n) is 3.92. The summed E-state index contributed by atoms with van der Waals surface area (Å²) in [5, 5.41) is 3.43. The molecule has 3 heteroatoms. The molecule has 0 spiro atoms. The van der Waals surface area contributed by atoms with Crippen molar-refractivity contribution in [2.24, 2.45) is 0 Å². The maximum atomic E-state index is 5.44. The zero-order valence-electron chi connectivity index (χ0n) is 10.3. The number of hydrogen-bond donors (Lipinski definition) is 1. The van der Waals surface area contributed by atoms with Gasteiger partial charge in [0.1, 0.15) is 0 Å². The first kappa shape index (κ1) is 14.4. The molecule has 1 rings (SSSR count). The molecule has 0 fully saturated rings. The van der Waals surface area contributed by atoms with Crippen LogP contribution in [0.1, 0.15) is 24.9 Å². The maximum absolute atomic E-state index is 5.44. The van der Waals surface area contributed by atoms with Crippen molar-refractivity contribution in [2.45, 2.75) is 19.4 Å². The summed E-state index contributed by atoms with van der Waals surface area (Å²) in [4.78, 5) is 0. The van der Waals surface area contributed by atoms with Crippen LogP contribution in [0, 0.1) is 0 Å². The van der Waals surface area contributed by atoms with Crippen LogP contribution in [-0.2, 0) is 4.74 Å². The minimum Gasteiger partial charge on any atom is -0.380 e. The number of rotatable bonds is 8. The minimum atomic E-state index is 0.353. The molecule has 0 aromatic heterocycles. The molecule has 0 saturated heterocycles. The average molecular weight is 298 g/mol. The molecule has 0 aliphatic carbocycles. The predicted octanol–water partition coefficient (Wildman–Crippen LogP) is 3.69. The van der Waals surface area contributed by atoms with Gasteiger partial charge in [0, 0.05) is 17.1 Å². The molecule has 0 aliphatic heterocycles. The molecule has 0 aliphatic rings. The van der Waals surface area contributed by atoms with Crippen molar-refractivity contribution in [1.82, 2.24) is 5.32 Å². The molecule has 1 aromatic carbocycles. The highest BCUT2D eigenvalue weighted by Gasteiger charge is 2.03. The Morgan fingerprint density at radius 3 is 2.71 bits per heavy atom. The molecule has 0 saturated carbocycles.